The lowest BCUT2D eigenvalue weighted by atomic mass is 10.1. The van der Waals surface area contributed by atoms with Gasteiger partial charge in [0.15, 0.2) is 0 Å². The first-order valence-electron chi connectivity index (χ1n) is 11.5. The van der Waals surface area contributed by atoms with E-state index in [1.165, 1.54) is 4.31 Å². The Labute approximate surface area is 203 Å². The molecule has 3 rings (SSSR count). The van der Waals surface area contributed by atoms with Crippen molar-refractivity contribution in [2.75, 3.05) is 6.54 Å². The topological polar surface area (TPSA) is 70.8 Å². The van der Waals surface area contributed by atoms with Gasteiger partial charge in [-0.3, -0.25) is 4.79 Å². The van der Waals surface area contributed by atoms with Crippen LogP contribution in [0.2, 0.25) is 0 Å². The molecule has 3 aromatic rings. The van der Waals surface area contributed by atoms with Crippen molar-refractivity contribution in [2.45, 2.75) is 65.6 Å². The molecule has 182 valence electrons. The molecular formula is C27H34N2O4S. The Balaban J connectivity index is 1.93. The summed E-state index contributed by atoms with van der Waals surface area (Å²) in [5, 5.41) is 0. The zero-order chi connectivity index (χ0) is 25.0. The minimum absolute atomic E-state index is 0.251. The van der Waals surface area contributed by atoms with Crippen molar-refractivity contribution in [2.24, 2.45) is 0 Å². The van der Waals surface area contributed by atoms with E-state index in [1.54, 1.807) is 32.6 Å². The number of nitrogens with zero attached hydrogens (tertiary/aromatic N) is 2. The predicted octanol–water partition coefficient (Wildman–Crippen LogP) is 5.14. The van der Waals surface area contributed by atoms with Gasteiger partial charge < -0.3 is 9.32 Å². The number of carbonyl (C=O) groups excluding carboxylic acids is 1. The summed E-state index contributed by atoms with van der Waals surface area (Å²) in [7, 11) is -3.89. The largest absolute Gasteiger partial charge is 0.464 e. The maximum atomic E-state index is 13.7. The van der Waals surface area contributed by atoms with E-state index < -0.39 is 16.1 Å². The average molecular weight is 483 g/mol. The van der Waals surface area contributed by atoms with Crippen molar-refractivity contribution >= 4 is 15.9 Å². The van der Waals surface area contributed by atoms with Crippen molar-refractivity contribution in [3.63, 3.8) is 0 Å². The third-order valence-corrected chi connectivity index (χ3v) is 8.08. The van der Waals surface area contributed by atoms with Gasteiger partial charge in [0, 0.05) is 12.6 Å². The average Bonchev–Trinajstić information content (AvgIpc) is 3.15. The van der Waals surface area contributed by atoms with Crippen LogP contribution in [0.25, 0.3) is 0 Å². The van der Waals surface area contributed by atoms with Gasteiger partial charge in [-0.2, -0.15) is 4.31 Å². The molecule has 0 radical (unpaired) electrons. The zero-order valence-electron chi connectivity index (χ0n) is 20.8. The highest BCUT2D eigenvalue weighted by atomic mass is 32.2. The van der Waals surface area contributed by atoms with Gasteiger partial charge in [-0.15, -0.1) is 0 Å². The molecule has 0 unspecified atom stereocenters. The highest BCUT2D eigenvalue weighted by Gasteiger charge is 2.33. The van der Waals surface area contributed by atoms with Gasteiger partial charge in [0.2, 0.25) is 15.9 Å². The molecule has 0 saturated carbocycles. The normalized spacial score (nSPS) is 11.9. The molecule has 0 aliphatic rings. The number of aryl methyl sites for hydroxylation is 4. The third kappa shape index (κ3) is 5.96. The first-order valence-corrected chi connectivity index (χ1v) is 12.9. The molecule has 0 saturated heterocycles. The predicted molar refractivity (Wildman–Crippen MR) is 134 cm³/mol. The monoisotopic (exact) mass is 482 g/mol. The Morgan fingerprint density at radius 1 is 0.912 bits per heavy atom. The molecule has 0 atom stereocenters. The molecule has 1 heterocycles. The van der Waals surface area contributed by atoms with Crippen LogP contribution in [0.1, 0.15) is 47.6 Å². The van der Waals surface area contributed by atoms with Gasteiger partial charge in [-0.25, -0.2) is 8.42 Å². The van der Waals surface area contributed by atoms with E-state index >= 15 is 0 Å². The van der Waals surface area contributed by atoms with E-state index in [-0.39, 0.29) is 23.9 Å². The third-order valence-electron chi connectivity index (χ3n) is 5.75. The highest BCUT2D eigenvalue weighted by Crippen LogP contribution is 2.27. The summed E-state index contributed by atoms with van der Waals surface area (Å²) in [6.07, 6.45) is 0. The molecule has 0 fully saturated rings. The second-order valence-electron chi connectivity index (χ2n) is 9.12. The van der Waals surface area contributed by atoms with E-state index in [9.17, 15) is 13.2 Å². The smallest absolute Gasteiger partial charge is 0.244 e. The SMILES string of the molecule is Cc1cc(C)c(S(=O)(=O)N(CC(=O)N(Cc2ccccc2)Cc2ccc(C)o2)C(C)C)c(C)c1. The van der Waals surface area contributed by atoms with Crippen molar-refractivity contribution < 1.29 is 17.6 Å². The fourth-order valence-corrected chi connectivity index (χ4v) is 6.27. The lowest BCUT2D eigenvalue weighted by molar-refractivity contribution is -0.133. The quantitative estimate of drug-likeness (QED) is 0.423. The van der Waals surface area contributed by atoms with Crippen LogP contribution in [0.5, 0.6) is 0 Å². The van der Waals surface area contributed by atoms with Crippen LogP contribution in [-0.4, -0.2) is 36.1 Å². The summed E-state index contributed by atoms with van der Waals surface area (Å²) in [4.78, 5) is 15.5. The number of rotatable bonds is 9. The molecule has 34 heavy (non-hydrogen) atoms. The highest BCUT2D eigenvalue weighted by molar-refractivity contribution is 7.89. The first kappa shape index (κ1) is 25.7. The molecule has 2 aromatic carbocycles. The lowest BCUT2D eigenvalue weighted by Crippen LogP contribution is -2.45. The van der Waals surface area contributed by atoms with Crippen LogP contribution in [0.3, 0.4) is 0 Å². The number of sulfonamides is 1. The number of carbonyl (C=O) groups is 1. The Hall–Kier alpha value is -2.90. The summed E-state index contributed by atoms with van der Waals surface area (Å²) in [5.41, 5.74) is 3.33. The first-order chi connectivity index (χ1) is 16.0. The maximum Gasteiger partial charge on any atom is 0.244 e. The summed E-state index contributed by atoms with van der Waals surface area (Å²) in [5.74, 6) is 1.14. The second kappa shape index (κ2) is 10.6. The van der Waals surface area contributed by atoms with Crippen LogP contribution in [0, 0.1) is 27.7 Å². The fourth-order valence-electron chi connectivity index (χ4n) is 4.26. The Kier molecular flexibility index (Phi) is 8.00. The molecule has 7 heteroatoms. The Bertz CT molecular complexity index is 1220. The van der Waals surface area contributed by atoms with Crippen molar-refractivity contribution in [3.8, 4) is 0 Å². The van der Waals surface area contributed by atoms with Gasteiger partial charge in [0.1, 0.15) is 11.5 Å². The molecule has 6 nitrogen and oxygen atoms in total. The number of furan rings is 1. The summed E-state index contributed by atoms with van der Waals surface area (Å²) >= 11 is 0. The van der Waals surface area contributed by atoms with Crippen LogP contribution in [0.15, 0.2) is 63.9 Å². The summed E-state index contributed by atoms with van der Waals surface area (Å²) in [6, 6.07) is 16.7. The molecule has 0 spiro atoms. The molecule has 0 bridgehead atoms. The van der Waals surface area contributed by atoms with Crippen molar-refractivity contribution in [3.05, 3.63) is 88.4 Å². The molecule has 1 aromatic heterocycles. The van der Waals surface area contributed by atoms with E-state index in [2.05, 4.69) is 0 Å². The van der Waals surface area contributed by atoms with Crippen LogP contribution >= 0.6 is 0 Å². The molecule has 0 aliphatic heterocycles. The number of benzene rings is 2. The van der Waals surface area contributed by atoms with Crippen molar-refractivity contribution in [1.29, 1.82) is 0 Å². The maximum absolute atomic E-state index is 13.7. The minimum atomic E-state index is -3.89. The lowest BCUT2D eigenvalue weighted by Gasteiger charge is -2.30. The Morgan fingerprint density at radius 2 is 1.53 bits per heavy atom. The van der Waals surface area contributed by atoms with Gasteiger partial charge in [-0.1, -0.05) is 48.0 Å². The van der Waals surface area contributed by atoms with E-state index in [0.29, 0.717) is 23.4 Å². The van der Waals surface area contributed by atoms with Crippen LogP contribution in [0.4, 0.5) is 0 Å². The molecule has 0 aliphatic carbocycles. The number of amides is 1. The second-order valence-corrected chi connectivity index (χ2v) is 10.9. The van der Waals surface area contributed by atoms with Gasteiger partial charge in [0.25, 0.3) is 0 Å². The van der Waals surface area contributed by atoms with Crippen LogP contribution < -0.4 is 0 Å². The Morgan fingerprint density at radius 3 is 2.06 bits per heavy atom. The van der Waals surface area contributed by atoms with Gasteiger partial charge in [-0.05, 0) is 70.4 Å². The van der Waals surface area contributed by atoms with E-state index in [0.717, 1.165) is 16.9 Å². The minimum Gasteiger partial charge on any atom is -0.464 e. The van der Waals surface area contributed by atoms with E-state index in [4.69, 9.17) is 4.42 Å². The van der Waals surface area contributed by atoms with Gasteiger partial charge in [0.05, 0.1) is 18.0 Å². The molecular weight excluding hydrogens is 448 g/mol. The van der Waals surface area contributed by atoms with Gasteiger partial charge >= 0.3 is 0 Å². The number of hydrogen-bond acceptors (Lipinski definition) is 4. The standard InChI is InChI=1S/C27H34N2O4S/c1-19(2)29(34(31,32)27-21(4)14-20(3)15-22(27)5)18-26(30)28(16-24-10-8-7-9-11-24)17-25-13-12-23(6)33-25/h7-15,19H,16-18H2,1-6H3. The molecule has 1 amide bonds. The van der Waals surface area contributed by atoms with E-state index in [1.807, 2.05) is 68.4 Å². The molecule has 0 N–H and O–H groups in total. The fraction of sp³-hybridized carbons (Fsp3) is 0.370. The van der Waals surface area contributed by atoms with Crippen molar-refractivity contribution in [1.82, 2.24) is 9.21 Å². The number of hydrogen-bond donors (Lipinski definition) is 0. The summed E-state index contributed by atoms with van der Waals surface area (Å²) < 4.78 is 34.5. The van der Waals surface area contributed by atoms with Crippen LogP contribution in [-0.2, 0) is 27.9 Å². The zero-order valence-corrected chi connectivity index (χ0v) is 21.6. The summed E-state index contributed by atoms with van der Waals surface area (Å²) in [6.45, 7) is 11.3.